The zero-order valence-electron chi connectivity index (χ0n) is 12.7. The Bertz CT molecular complexity index is 606. The Morgan fingerprint density at radius 3 is 3.14 bits per heavy atom. The monoisotopic (exact) mass is 299 g/mol. The number of amides is 1. The Morgan fingerprint density at radius 1 is 1.50 bits per heavy atom. The Balaban J connectivity index is 1.41. The molecule has 2 aliphatic rings. The van der Waals surface area contributed by atoms with Gasteiger partial charge in [0, 0.05) is 57.1 Å². The molecule has 1 N–H and O–H groups in total. The molecule has 1 aromatic heterocycles. The Kier molecular flexibility index (Phi) is 4.23. The van der Waals surface area contributed by atoms with Crippen LogP contribution in [0.1, 0.15) is 50.3 Å². The van der Waals surface area contributed by atoms with E-state index in [9.17, 15) is 4.79 Å². The van der Waals surface area contributed by atoms with Crippen molar-refractivity contribution in [2.45, 2.75) is 56.7 Å². The second-order valence-corrected chi connectivity index (χ2v) is 6.01. The van der Waals surface area contributed by atoms with E-state index in [0.717, 1.165) is 31.6 Å². The number of carbonyl (C=O) groups is 1. The van der Waals surface area contributed by atoms with Crippen LogP contribution in [0.15, 0.2) is 22.6 Å². The van der Waals surface area contributed by atoms with Crippen LogP contribution in [0.4, 0.5) is 0 Å². The van der Waals surface area contributed by atoms with Gasteiger partial charge in [0.05, 0.1) is 0 Å². The average molecular weight is 299 g/mol. The normalized spacial score (nSPS) is 21.0. The summed E-state index contributed by atoms with van der Waals surface area (Å²) in [4.78, 5) is 16.4. The van der Waals surface area contributed by atoms with Crippen molar-refractivity contribution in [1.82, 2.24) is 14.9 Å². The third-order valence-corrected chi connectivity index (χ3v) is 4.42. The molecule has 3 heterocycles. The van der Waals surface area contributed by atoms with Crippen molar-refractivity contribution in [3.05, 3.63) is 18.2 Å². The van der Waals surface area contributed by atoms with Crippen LogP contribution in [0.2, 0.25) is 0 Å². The number of nitrogens with zero attached hydrogens (tertiary/aromatic N) is 4. The molecule has 1 aromatic rings. The van der Waals surface area contributed by atoms with Gasteiger partial charge < -0.3 is 9.88 Å². The number of fused-ring (bicyclic) bond motifs is 1. The van der Waals surface area contributed by atoms with Crippen molar-refractivity contribution in [2.24, 2.45) is 10.2 Å². The SMILES string of the molecule is C#CCCC1(CCC(=O)NCC2CCCn3ccnc32)N=N1. The van der Waals surface area contributed by atoms with E-state index in [-0.39, 0.29) is 11.6 Å². The average Bonchev–Trinajstić information content (AvgIpc) is 3.14. The van der Waals surface area contributed by atoms with Crippen LogP contribution in [0.3, 0.4) is 0 Å². The van der Waals surface area contributed by atoms with Gasteiger partial charge in [-0.15, -0.1) is 12.3 Å². The highest BCUT2D eigenvalue weighted by molar-refractivity contribution is 5.76. The van der Waals surface area contributed by atoms with Crippen LogP contribution >= 0.6 is 0 Å². The largest absolute Gasteiger partial charge is 0.355 e. The summed E-state index contributed by atoms with van der Waals surface area (Å²) in [5.74, 6) is 4.06. The van der Waals surface area contributed by atoms with Gasteiger partial charge in [0.25, 0.3) is 0 Å². The minimum absolute atomic E-state index is 0.0565. The Labute approximate surface area is 130 Å². The van der Waals surface area contributed by atoms with E-state index < -0.39 is 0 Å². The fourth-order valence-corrected chi connectivity index (χ4v) is 3.01. The van der Waals surface area contributed by atoms with Crippen LogP contribution in [0.25, 0.3) is 0 Å². The molecule has 1 amide bonds. The summed E-state index contributed by atoms with van der Waals surface area (Å²) >= 11 is 0. The lowest BCUT2D eigenvalue weighted by atomic mass is 9.98. The summed E-state index contributed by atoms with van der Waals surface area (Å²) in [6.07, 6.45) is 13.8. The highest BCUT2D eigenvalue weighted by atomic mass is 16.1. The number of terminal acetylenes is 1. The summed E-state index contributed by atoms with van der Waals surface area (Å²) in [7, 11) is 0. The van der Waals surface area contributed by atoms with Gasteiger partial charge in [0.2, 0.25) is 5.91 Å². The van der Waals surface area contributed by atoms with Crippen LogP contribution in [-0.4, -0.2) is 27.7 Å². The van der Waals surface area contributed by atoms with Gasteiger partial charge in [-0.1, -0.05) is 0 Å². The first-order valence-electron chi connectivity index (χ1n) is 7.88. The molecule has 22 heavy (non-hydrogen) atoms. The van der Waals surface area contributed by atoms with E-state index in [2.05, 4.69) is 31.0 Å². The van der Waals surface area contributed by atoms with Gasteiger partial charge in [-0.3, -0.25) is 4.79 Å². The molecule has 0 bridgehead atoms. The number of hydrogen-bond donors (Lipinski definition) is 1. The predicted octanol–water partition coefficient (Wildman–Crippen LogP) is 2.23. The van der Waals surface area contributed by atoms with E-state index in [4.69, 9.17) is 6.42 Å². The van der Waals surface area contributed by atoms with Crippen LogP contribution in [0, 0.1) is 12.3 Å². The molecule has 1 unspecified atom stereocenters. The number of imidazole rings is 1. The standard InChI is InChI=1S/C16H21N5O/c1-2-3-7-16(19-20-16)8-6-14(22)18-12-13-5-4-10-21-11-9-17-15(13)21/h1,9,11,13H,3-8,10,12H2,(H,18,22). The van der Waals surface area contributed by atoms with Gasteiger partial charge >= 0.3 is 0 Å². The smallest absolute Gasteiger partial charge is 0.220 e. The lowest BCUT2D eigenvalue weighted by molar-refractivity contribution is -0.121. The van der Waals surface area contributed by atoms with Crippen molar-refractivity contribution in [2.75, 3.05) is 6.54 Å². The number of aryl methyl sites for hydroxylation is 1. The molecule has 0 aliphatic carbocycles. The lowest BCUT2D eigenvalue weighted by Crippen LogP contribution is -2.32. The predicted molar refractivity (Wildman–Crippen MR) is 82.1 cm³/mol. The molecule has 0 saturated heterocycles. The van der Waals surface area contributed by atoms with Gasteiger partial charge in [0.15, 0.2) is 5.66 Å². The summed E-state index contributed by atoms with van der Waals surface area (Å²) in [6.45, 7) is 1.68. The van der Waals surface area contributed by atoms with Crippen molar-refractivity contribution >= 4 is 5.91 Å². The van der Waals surface area contributed by atoms with Crippen LogP contribution in [0.5, 0.6) is 0 Å². The van der Waals surface area contributed by atoms with Gasteiger partial charge in [-0.2, -0.15) is 10.2 Å². The third kappa shape index (κ3) is 3.35. The van der Waals surface area contributed by atoms with Crippen LogP contribution < -0.4 is 5.32 Å². The molecule has 3 rings (SSSR count). The minimum atomic E-state index is -0.370. The maximum Gasteiger partial charge on any atom is 0.220 e. The molecule has 0 aromatic carbocycles. The number of nitrogens with one attached hydrogen (secondary N) is 1. The highest BCUT2D eigenvalue weighted by Gasteiger charge is 2.39. The Morgan fingerprint density at radius 2 is 2.36 bits per heavy atom. The minimum Gasteiger partial charge on any atom is -0.355 e. The lowest BCUT2D eigenvalue weighted by Gasteiger charge is -2.23. The van der Waals surface area contributed by atoms with Crippen molar-refractivity contribution in [3.63, 3.8) is 0 Å². The fourth-order valence-electron chi connectivity index (χ4n) is 3.01. The topological polar surface area (TPSA) is 71.6 Å². The van der Waals surface area contributed by atoms with Gasteiger partial charge in [0.1, 0.15) is 5.82 Å². The maximum absolute atomic E-state index is 12.0. The maximum atomic E-state index is 12.0. The molecule has 1 atom stereocenters. The fraction of sp³-hybridized carbons (Fsp3) is 0.625. The van der Waals surface area contributed by atoms with Crippen molar-refractivity contribution in [1.29, 1.82) is 0 Å². The summed E-state index contributed by atoms with van der Waals surface area (Å²) in [6, 6.07) is 0. The molecule has 0 saturated carbocycles. The van der Waals surface area contributed by atoms with E-state index >= 15 is 0 Å². The number of carbonyl (C=O) groups excluding carboxylic acids is 1. The second kappa shape index (κ2) is 6.30. The molecule has 6 nitrogen and oxygen atoms in total. The molecular weight excluding hydrogens is 278 g/mol. The quantitative estimate of drug-likeness (QED) is 0.784. The van der Waals surface area contributed by atoms with Crippen LogP contribution in [-0.2, 0) is 11.3 Å². The molecule has 0 radical (unpaired) electrons. The second-order valence-electron chi connectivity index (χ2n) is 6.01. The van der Waals surface area contributed by atoms with E-state index in [1.54, 1.807) is 0 Å². The zero-order chi connectivity index (χ0) is 15.4. The molecule has 116 valence electrons. The molecule has 0 spiro atoms. The molecule has 6 heteroatoms. The summed E-state index contributed by atoms with van der Waals surface area (Å²) < 4.78 is 2.18. The van der Waals surface area contributed by atoms with Gasteiger partial charge in [-0.25, -0.2) is 4.98 Å². The van der Waals surface area contributed by atoms with E-state index in [0.29, 0.717) is 31.7 Å². The molecular formula is C16H21N5O. The Hall–Kier alpha value is -2.16. The molecule has 2 aliphatic heterocycles. The van der Waals surface area contributed by atoms with E-state index in [1.165, 1.54) is 0 Å². The van der Waals surface area contributed by atoms with Gasteiger partial charge in [-0.05, 0) is 12.8 Å². The van der Waals surface area contributed by atoms with Crippen molar-refractivity contribution < 1.29 is 4.79 Å². The van der Waals surface area contributed by atoms with E-state index in [1.807, 2.05) is 12.4 Å². The first-order valence-corrected chi connectivity index (χ1v) is 7.88. The molecule has 0 fully saturated rings. The first kappa shape index (κ1) is 14.8. The van der Waals surface area contributed by atoms with Crippen molar-refractivity contribution in [3.8, 4) is 12.3 Å². The number of aromatic nitrogens is 2. The first-order chi connectivity index (χ1) is 10.7. The summed E-state index contributed by atoms with van der Waals surface area (Å²) in [5, 5.41) is 11.1. The zero-order valence-corrected chi connectivity index (χ0v) is 12.7. The summed E-state index contributed by atoms with van der Waals surface area (Å²) in [5.41, 5.74) is -0.370. The third-order valence-electron chi connectivity index (χ3n) is 4.42. The number of hydrogen-bond acceptors (Lipinski definition) is 4. The number of rotatable bonds is 7. The highest BCUT2D eigenvalue weighted by Crippen LogP contribution is 2.37.